The number of nitrogens with one attached hydrogen (secondary N) is 1. The molecule has 2 saturated heterocycles. The second-order valence-electron chi connectivity index (χ2n) is 15.4. The number of carbonyl (C=O) groups excluding carboxylic acids is 2. The third-order valence-corrected chi connectivity index (χ3v) is 12.8. The van der Waals surface area contributed by atoms with Crippen molar-refractivity contribution in [3.63, 3.8) is 0 Å². The molecule has 0 unspecified atom stereocenters. The lowest BCUT2D eigenvalue weighted by molar-refractivity contribution is -0.138. The molecular weight excluding hydrogens is 939 g/mol. The standard InChI is InChI=1S/C26H20F5N3O3S.C20H17F4N3O.ClH/c27-19-5-8-22(9-6-19)38(36,37)34-15-20(28)11-24(34)25(35)10-7-21-12-23(17(13-32)14-33-21)16-1-3-18(4-2-16)26(29,30)31;21-15-7-18(27-11-15)19(28)6-5-16-8-17(13(9-25)10-26-16)12-1-3-14(4-2-12)20(22,23)24;/h1-6,8-9,12,14,20,24H,7,10-11,15H2;1-4,8,10,15,18,27H,5-7,11H2;1H/t20-,24+;15-,18+;/m11./s1. The lowest BCUT2D eigenvalue weighted by Crippen LogP contribution is -2.40. The topological polar surface area (TPSA) is 157 Å². The van der Waals surface area contributed by atoms with Crippen LogP contribution in [0.3, 0.4) is 0 Å². The largest absolute Gasteiger partial charge is 0.416 e. The molecule has 0 amide bonds. The Morgan fingerprint density at radius 1 is 0.701 bits per heavy atom. The van der Waals surface area contributed by atoms with Crippen LogP contribution in [0.25, 0.3) is 22.3 Å². The molecule has 1 N–H and O–H groups in total. The van der Waals surface area contributed by atoms with E-state index in [1.54, 1.807) is 6.07 Å². The van der Waals surface area contributed by atoms with Crippen LogP contribution in [0.15, 0.2) is 102 Å². The summed E-state index contributed by atoms with van der Waals surface area (Å²) in [6.45, 7) is -0.340. The average molecular weight is 977 g/mol. The number of Topliss-reactive ketones (excluding diaryl/α,β-unsaturated/α-hetero) is 2. The number of rotatable bonds is 12. The highest BCUT2D eigenvalue weighted by Gasteiger charge is 2.44. The minimum atomic E-state index is -4.52. The first kappa shape index (κ1) is 51.8. The average Bonchev–Trinajstić information content (AvgIpc) is 3.93. The number of pyridine rings is 2. The number of aryl methyl sites for hydroxylation is 2. The highest BCUT2D eigenvalue weighted by Crippen LogP contribution is 2.34. The number of hydrogen-bond donors (Lipinski definition) is 1. The Bertz CT molecular complexity index is 2760. The van der Waals surface area contributed by atoms with E-state index in [1.165, 1.54) is 42.7 Å². The maximum Gasteiger partial charge on any atom is 0.416 e. The molecule has 7 rings (SSSR count). The summed E-state index contributed by atoms with van der Waals surface area (Å²) in [6.07, 6.45) is -8.81. The number of ketones is 2. The predicted molar refractivity (Wildman–Crippen MR) is 228 cm³/mol. The summed E-state index contributed by atoms with van der Waals surface area (Å²) in [7, 11) is -4.26. The second kappa shape index (κ2) is 21.6. The smallest absolute Gasteiger partial charge is 0.304 e. The van der Waals surface area contributed by atoms with Crippen molar-refractivity contribution >= 4 is 34.0 Å². The second-order valence-corrected chi connectivity index (χ2v) is 17.3. The summed E-state index contributed by atoms with van der Waals surface area (Å²) >= 11 is 0. The minimum absolute atomic E-state index is 0. The molecule has 2 fully saturated rings. The summed E-state index contributed by atoms with van der Waals surface area (Å²) in [5.41, 5.74) is 1.19. The molecule has 0 bridgehead atoms. The van der Waals surface area contributed by atoms with Gasteiger partial charge in [0.05, 0.1) is 39.2 Å². The Labute approximate surface area is 384 Å². The fraction of sp³-hybridized carbons (Fsp3) is 0.304. The maximum absolute atomic E-state index is 14.3. The van der Waals surface area contributed by atoms with Gasteiger partial charge in [-0.2, -0.15) is 41.2 Å². The molecule has 3 aromatic carbocycles. The Morgan fingerprint density at radius 3 is 1.58 bits per heavy atom. The number of hydrogen-bond acceptors (Lipinski definition) is 9. The van der Waals surface area contributed by atoms with Crippen molar-refractivity contribution in [2.45, 2.75) is 80.2 Å². The number of sulfonamides is 1. The van der Waals surface area contributed by atoms with Crippen LogP contribution in [0.1, 0.15) is 59.3 Å². The van der Waals surface area contributed by atoms with E-state index in [-0.39, 0.29) is 72.9 Å². The van der Waals surface area contributed by atoms with Gasteiger partial charge in [-0.1, -0.05) is 24.3 Å². The zero-order chi connectivity index (χ0) is 48.0. The molecule has 5 aromatic rings. The van der Waals surface area contributed by atoms with Crippen molar-refractivity contribution < 1.29 is 57.5 Å². The summed E-state index contributed by atoms with van der Waals surface area (Å²) in [4.78, 5) is 33.2. The number of carbonyl (C=O) groups is 2. The van der Waals surface area contributed by atoms with Crippen molar-refractivity contribution in [2.24, 2.45) is 0 Å². The van der Waals surface area contributed by atoms with Crippen LogP contribution in [0.4, 0.5) is 39.5 Å². The van der Waals surface area contributed by atoms with Crippen LogP contribution in [0.5, 0.6) is 0 Å². The van der Waals surface area contributed by atoms with Crippen LogP contribution < -0.4 is 5.32 Å². The summed E-state index contributed by atoms with van der Waals surface area (Å²) in [5.74, 6) is -1.30. The van der Waals surface area contributed by atoms with E-state index in [0.29, 0.717) is 40.1 Å². The van der Waals surface area contributed by atoms with E-state index in [9.17, 15) is 68.0 Å². The zero-order valence-corrected chi connectivity index (χ0v) is 36.4. The third kappa shape index (κ3) is 12.8. The normalized spacial score (nSPS) is 18.5. The van der Waals surface area contributed by atoms with Gasteiger partial charge in [0.15, 0.2) is 5.78 Å². The fourth-order valence-corrected chi connectivity index (χ4v) is 9.09. The maximum atomic E-state index is 14.3. The molecule has 67 heavy (non-hydrogen) atoms. The number of benzene rings is 3. The molecule has 0 radical (unpaired) electrons. The van der Waals surface area contributed by atoms with Crippen LogP contribution in [-0.4, -0.2) is 71.8 Å². The molecule has 2 aliphatic rings. The molecule has 21 heteroatoms. The Hall–Kier alpha value is -6.19. The fourth-order valence-electron chi connectivity index (χ4n) is 7.44. The lowest BCUT2D eigenvalue weighted by atomic mass is 9.98. The molecule has 4 heterocycles. The molecule has 2 aliphatic heterocycles. The van der Waals surface area contributed by atoms with Crippen molar-refractivity contribution in [2.75, 3.05) is 13.1 Å². The monoisotopic (exact) mass is 976 g/mol. The van der Waals surface area contributed by atoms with Crippen LogP contribution in [0.2, 0.25) is 0 Å². The molecular formula is C46H38ClF9N6O4S. The van der Waals surface area contributed by atoms with E-state index < -0.39 is 76.1 Å². The summed E-state index contributed by atoms with van der Waals surface area (Å²) in [6, 6.07) is 18.0. The summed E-state index contributed by atoms with van der Waals surface area (Å²) in [5, 5.41) is 21.5. The molecule has 4 atom stereocenters. The van der Waals surface area contributed by atoms with E-state index >= 15 is 0 Å². The Morgan fingerprint density at radius 2 is 1.16 bits per heavy atom. The van der Waals surface area contributed by atoms with E-state index in [1.807, 2.05) is 12.1 Å². The minimum Gasteiger partial charge on any atom is -0.304 e. The van der Waals surface area contributed by atoms with Gasteiger partial charge in [-0.25, -0.2) is 21.6 Å². The highest BCUT2D eigenvalue weighted by atomic mass is 35.5. The van der Waals surface area contributed by atoms with Gasteiger partial charge in [-0.05, 0) is 84.6 Å². The molecule has 0 saturated carbocycles. The van der Waals surface area contributed by atoms with Gasteiger partial charge in [0.2, 0.25) is 10.0 Å². The van der Waals surface area contributed by atoms with Gasteiger partial charge >= 0.3 is 12.4 Å². The highest BCUT2D eigenvalue weighted by molar-refractivity contribution is 7.89. The number of halogens is 10. The van der Waals surface area contributed by atoms with E-state index in [4.69, 9.17) is 0 Å². The summed E-state index contributed by atoms with van der Waals surface area (Å²) < 4.78 is 144. The number of nitrogens with zero attached hydrogens (tertiary/aromatic N) is 5. The third-order valence-electron chi connectivity index (χ3n) is 10.9. The molecule has 0 aliphatic carbocycles. The van der Waals surface area contributed by atoms with Crippen molar-refractivity contribution in [3.05, 3.63) is 137 Å². The van der Waals surface area contributed by atoms with Gasteiger partial charge in [-0.3, -0.25) is 19.6 Å². The van der Waals surface area contributed by atoms with Crippen molar-refractivity contribution in [1.29, 1.82) is 10.5 Å². The SMILES string of the molecule is Cl.N#Cc1cnc(CCC(=O)[C@@H]2C[C@@H](F)CN2)cc1-c1ccc(C(F)(F)F)cc1.N#Cc1cnc(CCC(=O)[C@@H]2C[C@@H](F)CN2S(=O)(=O)c2ccc(F)cc2)cc1-c1ccc(C(F)(F)F)cc1. The van der Waals surface area contributed by atoms with Crippen molar-refractivity contribution in [1.82, 2.24) is 19.6 Å². The molecule has 352 valence electrons. The first-order chi connectivity index (χ1) is 31.2. The van der Waals surface area contributed by atoms with Gasteiger partial charge < -0.3 is 5.32 Å². The van der Waals surface area contributed by atoms with Crippen LogP contribution >= 0.6 is 12.4 Å². The van der Waals surface area contributed by atoms with Crippen molar-refractivity contribution in [3.8, 4) is 34.4 Å². The van der Waals surface area contributed by atoms with Crippen LogP contribution in [-0.2, 0) is 44.8 Å². The van der Waals surface area contributed by atoms with Gasteiger partial charge in [-0.15, -0.1) is 12.4 Å². The quantitative estimate of drug-likeness (QED) is 0.120. The molecule has 10 nitrogen and oxygen atoms in total. The molecule has 0 spiro atoms. The number of nitriles is 2. The zero-order valence-electron chi connectivity index (χ0n) is 34.8. The van der Waals surface area contributed by atoms with E-state index in [2.05, 4.69) is 15.3 Å². The first-order valence-corrected chi connectivity index (χ1v) is 21.6. The number of aromatic nitrogens is 2. The van der Waals surface area contributed by atoms with Gasteiger partial charge in [0, 0.05) is 73.7 Å². The lowest BCUT2D eigenvalue weighted by Gasteiger charge is -2.22. The Kier molecular flexibility index (Phi) is 16.7. The van der Waals surface area contributed by atoms with Gasteiger partial charge in [0.1, 0.15) is 36.1 Å². The Balaban J connectivity index is 0.000000258. The number of alkyl halides is 8. The molecule has 2 aromatic heterocycles. The van der Waals surface area contributed by atoms with Crippen LogP contribution in [0, 0.1) is 28.5 Å². The van der Waals surface area contributed by atoms with Gasteiger partial charge in [0.25, 0.3) is 0 Å². The van der Waals surface area contributed by atoms with E-state index in [0.717, 1.165) is 52.8 Å². The predicted octanol–water partition coefficient (Wildman–Crippen LogP) is 9.34. The first-order valence-electron chi connectivity index (χ1n) is 20.2.